The fraction of sp³-hybridized carbons (Fsp3) is 0.158. The van der Waals surface area contributed by atoms with Crippen molar-refractivity contribution in [1.29, 1.82) is 0 Å². The number of nitrogens with one attached hydrogen (secondary N) is 1. The molecular weight excluding hydrogens is 318 g/mol. The number of thiophene rings is 1. The molecule has 0 fully saturated rings. The number of carbonyl (C=O) groups is 1. The van der Waals surface area contributed by atoms with Gasteiger partial charge in [-0.25, -0.2) is 0 Å². The number of nitrogens with zero attached hydrogens (tertiary/aromatic N) is 2. The van der Waals surface area contributed by atoms with Crippen molar-refractivity contribution in [2.45, 2.75) is 20.4 Å². The molecule has 2 aromatic heterocycles. The van der Waals surface area contributed by atoms with Crippen LogP contribution in [0.15, 0.2) is 53.9 Å². The Balaban J connectivity index is 1.89. The standard InChI is InChI=1S/C19H19N3OS/c1-14-19(15(2)21-20-14)22(13-17-9-6-12-24-17)18(23)11-10-16-7-4-3-5-8-16/h3-12H,13H2,1-2H3,(H,20,21). The summed E-state index contributed by atoms with van der Waals surface area (Å²) in [4.78, 5) is 15.8. The van der Waals surface area contributed by atoms with E-state index in [1.54, 1.807) is 22.3 Å². The molecule has 0 aliphatic rings. The minimum Gasteiger partial charge on any atom is -0.300 e. The molecule has 1 N–H and O–H groups in total. The van der Waals surface area contributed by atoms with E-state index in [1.165, 1.54) is 0 Å². The van der Waals surface area contributed by atoms with Crippen LogP contribution in [0.4, 0.5) is 5.69 Å². The first kappa shape index (κ1) is 16.2. The number of amides is 1. The van der Waals surface area contributed by atoms with E-state index in [2.05, 4.69) is 10.2 Å². The van der Waals surface area contributed by atoms with Gasteiger partial charge in [0.2, 0.25) is 0 Å². The quantitative estimate of drug-likeness (QED) is 0.704. The predicted octanol–water partition coefficient (Wildman–Crippen LogP) is 4.33. The van der Waals surface area contributed by atoms with Crippen molar-refractivity contribution in [1.82, 2.24) is 10.2 Å². The fourth-order valence-electron chi connectivity index (χ4n) is 2.59. The van der Waals surface area contributed by atoms with Gasteiger partial charge in [-0.2, -0.15) is 5.10 Å². The average molecular weight is 337 g/mol. The van der Waals surface area contributed by atoms with Gasteiger partial charge in [0.1, 0.15) is 0 Å². The Hall–Kier alpha value is -2.66. The molecule has 0 unspecified atom stereocenters. The van der Waals surface area contributed by atoms with E-state index in [0.717, 1.165) is 27.5 Å². The molecule has 0 saturated heterocycles. The summed E-state index contributed by atoms with van der Waals surface area (Å²) in [6.07, 6.45) is 3.46. The lowest BCUT2D eigenvalue weighted by atomic mass is 10.2. The van der Waals surface area contributed by atoms with Crippen molar-refractivity contribution in [3.05, 3.63) is 75.7 Å². The molecule has 24 heavy (non-hydrogen) atoms. The minimum atomic E-state index is -0.0557. The Bertz CT molecular complexity index is 815. The monoisotopic (exact) mass is 337 g/mol. The summed E-state index contributed by atoms with van der Waals surface area (Å²) in [6, 6.07) is 13.9. The Morgan fingerprint density at radius 2 is 2.00 bits per heavy atom. The normalized spacial score (nSPS) is 11.1. The maximum absolute atomic E-state index is 12.8. The highest BCUT2D eigenvalue weighted by molar-refractivity contribution is 7.09. The van der Waals surface area contributed by atoms with E-state index in [4.69, 9.17) is 0 Å². The van der Waals surface area contributed by atoms with Crippen molar-refractivity contribution >= 4 is 29.0 Å². The van der Waals surface area contributed by atoms with Crippen LogP contribution in [-0.2, 0) is 11.3 Å². The van der Waals surface area contributed by atoms with Crippen LogP contribution >= 0.6 is 11.3 Å². The first-order valence-electron chi connectivity index (χ1n) is 7.73. The van der Waals surface area contributed by atoms with Gasteiger partial charge in [-0.3, -0.25) is 9.89 Å². The number of hydrogen-bond donors (Lipinski definition) is 1. The number of carbonyl (C=O) groups excluding carboxylic acids is 1. The molecule has 4 nitrogen and oxygen atoms in total. The molecule has 0 radical (unpaired) electrons. The topological polar surface area (TPSA) is 49.0 Å². The number of H-pyrrole nitrogens is 1. The van der Waals surface area contributed by atoms with Gasteiger partial charge in [-0.15, -0.1) is 11.3 Å². The van der Waals surface area contributed by atoms with Crippen molar-refractivity contribution in [2.24, 2.45) is 0 Å². The summed E-state index contributed by atoms with van der Waals surface area (Å²) in [5.74, 6) is -0.0557. The van der Waals surface area contributed by atoms with Crippen LogP contribution in [0.3, 0.4) is 0 Å². The van der Waals surface area contributed by atoms with E-state index in [0.29, 0.717) is 6.54 Å². The fourth-order valence-corrected chi connectivity index (χ4v) is 3.28. The van der Waals surface area contributed by atoms with Gasteiger partial charge < -0.3 is 4.90 Å². The summed E-state index contributed by atoms with van der Waals surface area (Å²) in [6.45, 7) is 4.39. The number of benzene rings is 1. The Kier molecular flexibility index (Phi) is 4.91. The molecule has 3 rings (SSSR count). The van der Waals surface area contributed by atoms with E-state index in [9.17, 15) is 4.79 Å². The van der Waals surface area contributed by atoms with Crippen LogP contribution in [0.25, 0.3) is 6.08 Å². The molecule has 0 bridgehead atoms. The molecule has 5 heteroatoms. The van der Waals surface area contributed by atoms with Crippen molar-refractivity contribution < 1.29 is 4.79 Å². The van der Waals surface area contributed by atoms with E-state index < -0.39 is 0 Å². The smallest absolute Gasteiger partial charge is 0.251 e. The molecule has 0 aliphatic heterocycles. The Morgan fingerprint density at radius 1 is 1.21 bits per heavy atom. The number of rotatable bonds is 5. The maximum atomic E-state index is 12.8. The SMILES string of the molecule is Cc1n[nH]c(C)c1N(Cc1cccs1)C(=O)C=Cc1ccccc1. The zero-order valence-corrected chi connectivity index (χ0v) is 14.5. The van der Waals surface area contributed by atoms with Crippen LogP contribution in [0, 0.1) is 13.8 Å². The van der Waals surface area contributed by atoms with Crippen LogP contribution < -0.4 is 4.90 Å². The van der Waals surface area contributed by atoms with Gasteiger partial charge >= 0.3 is 0 Å². The van der Waals surface area contributed by atoms with Crippen molar-refractivity contribution in [3.8, 4) is 0 Å². The van der Waals surface area contributed by atoms with Gasteiger partial charge in [0.15, 0.2) is 0 Å². The minimum absolute atomic E-state index is 0.0557. The van der Waals surface area contributed by atoms with Gasteiger partial charge in [0.05, 0.1) is 23.6 Å². The molecule has 0 atom stereocenters. The summed E-state index contributed by atoms with van der Waals surface area (Å²) >= 11 is 1.64. The lowest BCUT2D eigenvalue weighted by Gasteiger charge is -2.21. The van der Waals surface area contributed by atoms with Gasteiger partial charge in [0, 0.05) is 11.0 Å². The molecule has 3 aromatic rings. The largest absolute Gasteiger partial charge is 0.300 e. The highest BCUT2D eigenvalue weighted by Gasteiger charge is 2.20. The van der Waals surface area contributed by atoms with Crippen LogP contribution in [-0.4, -0.2) is 16.1 Å². The third kappa shape index (κ3) is 3.63. The second kappa shape index (κ2) is 7.27. The summed E-state index contributed by atoms with van der Waals surface area (Å²) in [7, 11) is 0. The number of anilines is 1. The zero-order chi connectivity index (χ0) is 16.9. The van der Waals surface area contributed by atoms with Gasteiger partial charge in [0.25, 0.3) is 5.91 Å². The Labute approximate surface area is 145 Å². The lowest BCUT2D eigenvalue weighted by molar-refractivity contribution is -0.114. The van der Waals surface area contributed by atoms with Gasteiger partial charge in [-0.05, 0) is 36.9 Å². The van der Waals surface area contributed by atoms with E-state index in [-0.39, 0.29) is 5.91 Å². The van der Waals surface area contributed by atoms with Gasteiger partial charge in [-0.1, -0.05) is 36.4 Å². The lowest BCUT2D eigenvalue weighted by Crippen LogP contribution is -2.29. The second-order valence-electron chi connectivity index (χ2n) is 5.53. The van der Waals surface area contributed by atoms with Crippen LogP contribution in [0.1, 0.15) is 21.8 Å². The highest BCUT2D eigenvalue weighted by Crippen LogP contribution is 2.26. The molecular formula is C19H19N3OS. The summed E-state index contributed by atoms with van der Waals surface area (Å²) in [5.41, 5.74) is 3.57. The third-order valence-electron chi connectivity index (χ3n) is 3.74. The second-order valence-corrected chi connectivity index (χ2v) is 6.56. The predicted molar refractivity (Wildman–Crippen MR) is 99.0 cm³/mol. The van der Waals surface area contributed by atoms with Crippen molar-refractivity contribution in [2.75, 3.05) is 4.90 Å². The number of hydrogen-bond acceptors (Lipinski definition) is 3. The zero-order valence-electron chi connectivity index (χ0n) is 13.7. The molecule has 0 spiro atoms. The maximum Gasteiger partial charge on any atom is 0.251 e. The van der Waals surface area contributed by atoms with E-state index in [1.807, 2.05) is 67.8 Å². The first-order chi connectivity index (χ1) is 11.6. The highest BCUT2D eigenvalue weighted by atomic mass is 32.1. The molecule has 0 aliphatic carbocycles. The number of aromatic nitrogens is 2. The molecule has 0 saturated carbocycles. The van der Waals surface area contributed by atoms with Crippen LogP contribution in [0.2, 0.25) is 0 Å². The number of aryl methyl sites for hydroxylation is 2. The summed E-state index contributed by atoms with van der Waals surface area (Å²) in [5, 5.41) is 9.21. The molecule has 2 heterocycles. The van der Waals surface area contributed by atoms with E-state index >= 15 is 0 Å². The Morgan fingerprint density at radius 3 is 2.62 bits per heavy atom. The molecule has 1 aromatic carbocycles. The van der Waals surface area contributed by atoms with Crippen molar-refractivity contribution in [3.63, 3.8) is 0 Å². The number of aromatic amines is 1. The first-order valence-corrected chi connectivity index (χ1v) is 8.61. The average Bonchev–Trinajstić information content (AvgIpc) is 3.22. The molecule has 122 valence electrons. The van der Waals surface area contributed by atoms with Crippen LogP contribution in [0.5, 0.6) is 0 Å². The summed E-state index contributed by atoms with van der Waals surface area (Å²) < 4.78 is 0. The molecule has 1 amide bonds. The third-order valence-corrected chi connectivity index (χ3v) is 4.60.